The molecule has 21 heavy (non-hydrogen) atoms. The summed E-state index contributed by atoms with van der Waals surface area (Å²) < 4.78 is 0. The summed E-state index contributed by atoms with van der Waals surface area (Å²) in [5, 5.41) is 8.44. The molecule has 0 unspecified atom stereocenters. The molecular formula is C16H20N2O3. The van der Waals surface area contributed by atoms with Crippen molar-refractivity contribution in [2.24, 2.45) is 5.41 Å². The molecule has 2 rings (SSSR count). The first-order valence-corrected chi connectivity index (χ1v) is 6.84. The van der Waals surface area contributed by atoms with Crippen LogP contribution in [0.15, 0.2) is 24.3 Å². The highest BCUT2D eigenvalue weighted by atomic mass is 16.5. The smallest absolute Gasteiger partial charge is 0.267 e. The van der Waals surface area contributed by atoms with Gasteiger partial charge in [0.1, 0.15) is 0 Å². The fourth-order valence-corrected chi connectivity index (χ4v) is 2.35. The van der Waals surface area contributed by atoms with Gasteiger partial charge in [0.2, 0.25) is 5.91 Å². The third-order valence-electron chi connectivity index (χ3n) is 3.42. The molecule has 1 aromatic rings. The van der Waals surface area contributed by atoms with E-state index in [-0.39, 0.29) is 11.3 Å². The SMILES string of the molecule is CC(C)(C)C(=O)N1Cc2ccc(C=CC(=O)NO)cc2C1. The fraction of sp³-hybridized carbons (Fsp3) is 0.375. The molecule has 0 aliphatic carbocycles. The van der Waals surface area contributed by atoms with Crippen molar-refractivity contribution in [3.63, 3.8) is 0 Å². The minimum atomic E-state index is -0.569. The molecule has 0 fully saturated rings. The Hall–Kier alpha value is -2.14. The molecule has 112 valence electrons. The highest BCUT2D eigenvalue weighted by Crippen LogP contribution is 2.28. The van der Waals surface area contributed by atoms with Crippen LogP contribution in [-0.2, 0) is 22.7 Å². The van der Waals surface area contributed by atoms with E-state index in [1.165, 1.54) is 6.08 Å². The van der Waals surface area contributed by atoms with Gasteiger partial charge in [0.05, 0.1) is 0 Å². The first kappa shape index (κ1) is 15.3. The molecule has 5 nitrogen and oxygen atoms in total. The van der Waals surface area contributed by atoms with Gasteiger partial charge in [0.15, 0.2) is 0 Å². The summed E-state index contributed by atoms with van der Waals surface area (Å²) in [4.78, 5) is 25.1. The van der Waals surface area contributed by atoms with Crippen LogP contribution in [-0.4, -0.2) is 21.9 Å². The maximum Gasteiger partial charge on any atom is 0.267 e. The van der Waals surface area contributed by atoms with Crippen molar-refractivity contribution < 1.29 is 14.8 Å². The number of nitrogens with zero attached hydrogens (tertiary/aromatic N) is 1. The van der Waals surface area contributed by atoms with E-state index in [1.807, 2.05) is 43.9 Å². The van der Waals surface area contributed by atoms with Crippen LogP contribution < -0.4 is 5.48 Å². The monoisotopic (exact) mass is 288 g/mol. The first-order valence-electron chi connectivity index (χ1n) is 6.84. The van der Waals surface area contributed by atoms with Gasteiger partial charge < -0.3 is 4.90 Å². The van der Waals surface area contributed by atoms with E-state index in [2.05, 4.69) is 0 Å². The molecule has 0 atom stereocenters. The maximum atomic E-state index is 12.3. The zero-order chi connectivity index (χ0) is 15.6. The third kappa shape index (κ3) is 3.49. The molecule has 1 aliphatic heterocycles. The average molecular weight is 288 g/mol. The van der Waals surface area contributed by atoms with Gasteiger partial charge in [-0.05, 0) is 28.8 Å². The molecule has 2 amide bonds. The molecule has 5 heteroatoms. The van der Waals surface area contributed by atoms with Gasteiger partial charge in [0, 0.05) is 24.6 Å². The van der Waals surface area contributed by atoms with E-state index in [1.54, 1.807) is 11.6 Å². The Morgan fingerprint density at radius 1 is 1.24 bits per heavy atom. The summed E-state index contributed by atoms with van der Waals surface area (Å²) in [6, 6.07) is 5.83. The second-order valence-electron chi connectivity index (χ2n) is 6.25. The quantitative estimate of drug-likeness (QED) is 0.497. The molecular weight excluding hydrogens is 268 g/mol. The largest absolute Gasteiger partial charge is 0.334 e. The summed E-state index contributed by atoms with van der Waals surface area (Å²) in [7, 11) is 0. The van der Waals surface area contributed by atoms with Crippen LogP contribution in [0, 0.1) is 5.41 Å². The van der Waals surface area contributed by atoms with Crippen molar-refractivity contribution >= 4 is 17.9 Å². The van der Waals surface area contributed by atoms with Crippen molar-refractivity contribution in [1.29, 1.82) is 0 Å². The van der Waals surface area contributed by atoms with Gasteiger partial charge in [-0.25, -0.2) is 5.48 Å². The summed E-state index contributed by atoms with van der Waals surface area (Å²) in [6.45, 7) is 6.98. The van der Waals surface area contributed by atoms with Crippen molar-refractivity contribution in [3.8, 4) is 0 Å². The average Bonchev–Trinajstić information content (AvgIpc) is 2.85. The molecule has 0 saturated heterocycles. The molecule has 0 aromatic heterocycles. The number of fused-ring (bicyclic) bond motifs is 1. The van der Waals surface area contributed by atoms with Crippen LogP contribution in [0.1, 0.15) is 37.5 Å². The molecule has 1 aliphatic rings. The molecule has 1 aromatic carbocycles. The van der Waals surface area contributed by atoms with Crippen LogP contribution in [0.4, 0.5) is 0 Å². The van der Waals surface area contributed by atoms with Gasteiger partial charge in [-0.15, -0.1) is 0 Å². The topological polar surface area (TPSA) is 69.6 Å². The van der Waals surface area contributed by atoms with Crippen LogP contribution in [0.3, 0.4) is 0 Å². The van der Waals surface area contributed by atoms with E-state index in [0.717, 1.165) is 16.7 Å². The lowest BCUT2D eigenvalue weighted by molar-refractivity contribution is -0.140. The lowest BCUT2D eigenvalue weighted by Gasteiger charge is -2.25. The van der Waals surface area contributed by atoms with Gasteiger partial charge >= 0.3 is 0 Å². The zero-order valence-corrected chi connectivity index (χ0v) is 12.5. The van der Waals surface area contributed by atoms with E-state index in [0.29, 0.717) is 13.1 Å². The van der Waals surface area contributed by atoms with Crippen LogP contribution in [0.25, 0.3) is 6.08 Å². The zero-order valence-electron chi connectivity index (χ0n) is 12.5. The maximum absolute atomic E-state index is 12.3. The second kappa shape index (κ2) is 5.69. The molecule has 1 heterocycles. The number of rotatable bonds is 2. The van der Waals surface area contributed by atoms with Crippen molar-refractivity contribution in [1.82, 2.24) is 10.4 Å². The Balaban J connectivity index is 2.14. The Morgan fingerprint density at radius 3 is 2.52 bits per heavy atom. The van der Waals surface area contributed by atoms with Gasteiger partial charge in [-0.3, -0.25) is 14.8 Å². The molecule has 0 saturated carbocycles. The Morgan fingerprint density at radius 2 is 1.90 bits per heavy atom. The van der Waals surface area contributed by atoms with Crippen LogP contribution >= 0.6 is 0 Å². The van der Waals surface area contributed by atoms with Crippen molar-refractivity contribution in [3.05, 3.63) is 41.0 Å². The predicted octanol–water partition coefficient (Wildman–Crippen LogP) is 2.09. The lowest BCUT2D eigenvalue weighted by atomic mass is 9.95. The Bertz CT molecular complexity index is 600. The molecule has 0 radical (unpaired) electrons. The standard InChI is InChI=1S/C16H20N2O3/c1-16(2,3)15(20)18-9-12-6-4-11(8-13(12)10-18)5-7-14(19)17-21/h4-8,21H,9-10H2,1-3H3,(H,17,19). The number of hydroxylamine groups is 1. The fourth-order valence-electron chi connectivity index (χ4n) is 2.35. The minimum Gasteiger partial charge on any atom is -0.334 e. The number of benzene rings is 1. The highest BCUT2D eigenvalue weighted by molar-refractivity contribution is 5.90. The number of hydrogen-bond donors (Lipinski definition) is 2. The first-order chi connectivity index (χ1) is 9.81. The lowest BCUT2D eigenvalue weighted by Crippen LogP contribution is -2.35. The number of amides is 2. The number of nitrogens with one attached hydrogen (secondary N) is 1. The highest BCUT2D eigenvalue weighted by Gasteiger charge is 2.31. The summed E-state index contributed by atoms with van der Waals surface area (Å²) in [6.07, 6.45) is 2.88. The normalized spacial score (nSPS) is 14.4. The Labute approximate surface area is 124 Å². The van der Waals surface area contributed by atoms with Crippen molar-refractivity contribution in [2.75, 3.05) is 0 Å². The molecule has 0 spiro atoms. The summed E-state index contributed by atoms with van der Waals surface area (Å²) in [5.41, 5.74) is 4.26. The second-order valence-corrected chi connectivity index (χ2v) is 6.25. The van der Waals surface area contributed by atoms with E-state index < -0.39 is 5.91 Å². The van der Waals surface area contributed by atoms with Crippen molar-refractivity contribution in [2.45, 2.75) is 33.9 Å². The van der Waals surface area contributed by atoms with Crippen LogP contribution in [0.2, 0.25) is 0 Å². The van der Waals surface area contributed by atoms with Gasteiger partial charge in [-0.1, -0.05) is 32.9 Å². The van der Waals surface area contributed by atoms with Gasteiger partial charge in [-0.2, -0.15) is 0 Å². The Kier molecular flexibility index (Phi) is 4.14. The molecule has 0 bridgehead atoms. The van der Waals surface area contributed by atoms with E-state index in [4.69, 9.17) is 5.21 Å². The van der Waals surface area contributed by atoms with Gasteiger partial charge in [0.25, 0.3) is 5.91 Å². The van der Waals surface area contributed by atoms with E-state index in [9.17, 15) is 9.59 Å². The number of carbonyl (C=O) groups is 2. The minimum absolute atomic E-state index is 0.135. The number of hydrogen-bond acceptors (Lipinski definition) is 3. The third-order valence-corrected chi connectivity index (χ3v) is 3.42. The summed E-state index contributed by atoms with van der Waals surface area (Å²) >= 11 is 0. The number of carbonyl (C=O) groups excluding carboxylic acids is 2. The van der Waals surface area contributed by atoms with Crippen LogP contribution in [0.5, 0.6) is 0 Å². The molecule has 2 N–H and O–H groups in total. The van der Waals surface area contributed by atoms with E-state index >= 15 is 0 Å². The predicted molar refractivity (Wildman–Crippen MR) is 79.1 cm³/mol. The summed E-state index contributed by atoms with van der Waals surface area (Å²) in [5.74, 6) is -0.435.